The van der Waals surface area contributed by atoms with Gasteiger partial charge in [0.05, 0.1) is 16.0 Å². The maximum absolute atomic E-state index is 12.7. The summed E-state index contributed by atoms with van der Waals surface area (Å²) in [6.07, 6.45) is 3.43. The molecule has 3 rings (SSSR count). The summed E-state index contributed by atoms with van der Waals surface area (Å²) in [5.41, 5.74) is 0.560. The van der Waals surface area contributed by atoms with Crippen LogP contribution in [0.4, 0.5) is 4.79 Å². The molecular formula is C18H18Br2N2O5S. The number of phenolic OH excluding ortho intramolecular Hbond substituents is 1. The van der Waals surface area contributed by atoms with Crippen molar-refractivity contribution in [2.75, 3.05) is 26.2 Å². The number of hydrogen-bond acceptors (Lipinski definition) is 6. The van der Waals surface area contributed by atoms with Crippen LogP contribution in [-0.4, -0.2) is 58.2 Å². The molecular weight excluding hydrogens is 516 g/mol. The van der Waals surface area contributed by atoms with Crippen molar-refractivity contribution in [3.8, 4) is 11.5 Å². The maximum atomic E-state index is 12.7. The first kappa shape index (κ1) is 21.2. The number of ether oxygens (including phenoxy) is 1. The lowest BCUT2D eigenvalue weighted by Crippen LogP contribution is -2.40. The van der Waals surface area contributed by atoms with Gasteiger partial charge in [0.25, 0.3) is 11.1 Å². The molecule has 0 unspecified atom stereocenters. The third-order valence-electron chi connectivity index (χ3n) is 4.39. The Morgan fingerprint density at radius 1 is 1.29 bits per heavy atom. The molecule has 2 saturated heterocycles. The first-order valence-electron chi connectivity index (χ1n) is 8.70. The van der Waals surface area contributed by atoms with E-state index in [1.807, 2.05) is 0 Å². The lowest BCUT2D eigenvalue weighted by Gasteiger charge is -2.18. The number of halogens is 2. The largest absolute Gasteiger partial charge is 0.503 e. The van der Waals surface area contributed by atoms with E-state index in [9.17, 15) is 19.5 Å². The number of carbonyl (C=O) groups is 3. The Morgan fingerprint density at radius 2 is 1.96 bits per heavy atom. The van der Waals surface area contributed by atoms with Crippen molar-refractivity contribution in [1.29, 1.82) is 0 Å². The molecule has 1 N–H and O–H groups in total. The fourth-order valence-corrected chi connectivity index (χ4v) is 4.63. The molecule has 7 nitrogen and oxygen atoms in total. The van der Waals surface area contributed by atoms with Gasteiger partial charge in [0.15, 0.2) is 11.5 Å². The van der Waals surface area contributed by atoms with Gasteiger partial charge in [0.2, 0.25) is 5.91 Å². The summed E-state index contributed by atoms with van der Waals surface area (Å²) in [6, 6.07) is 1.58. The minimum Gasteiger partial charge on any atom is -0.503 e. The molecule has 0 atom stereocenters. The van der Waals surface area contributed by atoms with E-state index in [2.05, 4.69) is 31.9 Å². The quantitative estimate of drug-likeness (QED) is 0.576. The van der Waals surface area contributed by atoms with Gasteiger partial charge in [-0.25, -0.2) is 0 Å². The van der Waals surface area contributed by atoms with E-state index in [1.165, 1.54) is 0 Å². The van der Waals surface area contributed by atoms with Gasteiger partial charge in [-0.05, 0) is 81.1 Å². The lowest BCUT2D eigenvalue weighted by molar-refractivity contribution is -0.135. The van der Waals surface area contributed by atoms with Gasteiger partial charge in [-0.1, -0.05) is 0 Å². The molecule has 2 aliphatic heterocycles. The Bertz CT molecular complexity index is 868. The minimum atomic E-state index is -0.503. The summed E-state index contributed by atoms with van der Waals surface area (Å²) in [5, 5.41) is 9.67. The fourth-order valence-electron chi connectivity index (χ4n) is 2.96. The average Bonchev–Trinajstić information content (AvgIpc) is 3.29. The highest BCUT2D eigenvalue weighted by Gasteiger charge is 2.37. The van der Waals surface area contributed by atoms with Gasteiger partial charge < -0.3 is 14.7 Å². The molecule has 0 bridgehead atoms. The number of thioether (sulfide) groups is 1. The van der Waals surface area contributed by atoms with Crippen LogP contribution >= 0.6 is 43.6 Å². The number of carbonyl (C=O) groups excluding carboxylic acids is 3. The van der Waals surface area contributed by atoms with Crippen molar-refractivity contribution in [2.24, 2.45) is 0 Å². The van der Waals surface area contributed by atoms with Crippen molar-refractivity contribution in [1.82, 2.24) is 9.80 Å². The third-order valence-corrected chi connectivity index (χ3v) is 7.45. The average molecular weight is 534 g/mol. The number of nitrogens with zero attached hydrogens (tertiary/aromatic N) is 2. The van der Waals surface area contributed by atoms with Crippen LogP contribution in [-0.2, 0) is 9.59 Å². The monoisotopic (exact) mass is 532 g/mol. The minimum absolute atomic E-state index is 0.0600. The Morgan fingerprint density at radius 3 is 2.61 bits per heavy atom. The molecule has 2 heterocycles. The van der Waals surface area contributed by atoms with E-state index in [0.29, 0.717) is 34.2 Å². The molecule has 2 aliphatic rings. The molecule has 150 valence electrons. The second kappa shape index (κ2) is 8.87. The second-order valence-corrected chi connectivity index (χ2v) is 8.81. The lowest BCUT2D eigenvalue weighted by atomic mass is 10.2. The second-order valence-electron chi connectivity index (χ2n) is 6.23. The maximum Gasteiger partial charge on any atom is 0.294 e. The molecule has 1 aromatic rings. The number of imide groups is 1. The predicted octanol–water partition coefficient (Wildman–Crippen LogP) is 3.97. The summed E-state index contributed by atoms with van der Waals surface area (Å²) >= 11 is 7.44. The summed E-state index contributed by atoms with van der Waals surface area (Å²) in [7, 11) is 0. The highest BCUT2D eigenvalue weighted by atomic mass is 79.9. The zero-order valence-corrected chi connectivity index (χ0v) is 19.0. The molecule has 0 aliphatic carbocycles. The summed E-state index contributed by atoms with van der Waals surface area (Å²) in [4.78, 5) is 40.1. The highest BCUT2D eigenvalue weighted by molar-refractivity contribution is 9.13. The van der Waals surface area contributed by atoms with Gasteiger partial charge in [0.1, 0.15) is 6.54 Å². The Kier molecular flexibility index (Phi) is 6.72. The number of likely N-dealkylation sites (tertiary alicyclic amines) is 1. The van der Waals surface area contributed by atoms with Crippen molar-refractivity contribution < 1.29 is 24.2 Å². The van der Waals surface area contributed by atoms with Crippen LogP contribution in [0, 0.1) is 0 Å². The van der Waals surface area contributed by atoms with E-state index < -0.39 is 11.1 Å². The van der Waals surface area contributed by atoms with Crippen LogP contribution in [0.25, 0.3) is 6.08 Å². The molecule has 3 amide bonds. The summed E-state index contributed by atoms with van der Waals surface area (Å²) in [5.74, 6) is -0.521. The SMILES string of the molecule is CCOc1cc(/C=C2/SC(=O)N(CC(=O)N3CCCC3)C2=O)c(Br)c(Br)c1O. The highest BCUT2D eigenvalue weighted by Crippen LogP contribution is 2.43. The standard InChI is InChI=1S/C18H18Br2N2O5S/c1-2-27-11-7-10(14(19)15(20)16(11)24)8-12-17(25)22(18(26)28-12)9-13(23)21-5-3-4-6-21/h7-8,24H,2-6,9H2,1H3/b12-8+. The molecule has 0 saturated carbocycles. The molecule has 0 spiro atoms. The summed E-state index contributed by atoms with van der Waals surface area (Å²) < 4.78 is 6.31. The Hall–Kier alpha value is -1.52. The first-order chi connectivity index (χ1) is 13.3. The zero-order chi connectivity index (χ0) is 20.4. The van der Waals surface area contributed by atoms with Gasteiger partial charge in [0, 0.05) is 17.6 Å². The van der Waals surface area contributed by atoms with Crippen LogP contribution in [0.2, 0.25) is 0 Å². The zero-order valence-electron chi connectivity index (χ0n) is 15.0. The smallest absolute Gasteiger partial charge is 0.294 e. The molecule has 10 heteroatoms. The number of aromatic hydroxyl groups is 1. The molecule has 0 radical (unpaired) electrons. The summed E-state index contributed by atoms with van der Waals surface area (Å²) in [6.45, 7) is 3.24. The third kappa shape index (κ3) is 4.23. The van der Waals surface area contributed by atoms with Crippen molar-refractivity contribution in [3.63, 3.8) is 0 Å². The number of amides is 3. The molecule has 1 aromatic carbocycles. The van der Waals surface area contributed by atoms with E-state index in [0.717, 1.165) is 29.5 Å². The molecule has 28 heavy (non-hydrogen) atoms. The number of benzene rings is 1. The van der Waals surface area contributed by atoms with Crippen LogP contribution in [0.5, 0.6) is 11.5 Å². The number of phenols is 1. The van der Waals surface area contributed by atoms with Crippen LogP contribution in [0.15, 0.2) is 19.9 Å². The van der Waals surface area contributed by atoms with Crippen LogP contribution in [0.1, 0.15) is 25.3 Å². The molecule has 0 aromatic heterocycles. The molecule has 2 fully saturated rings. The predicted molar refractivity (Wildman–Crippen MR) is 113 cm³/mol. The van der Waals surface area contributed by atoms with Gasteiger partial charge in [-0.15, -0.1) is 0 Å². The normalized spacial score (nSPS) is 18.5. The van der Waals surface area contributed by atoms with Crippen molar-refractivity contribution >= 4 is 66.8 Å². The van der Waals surface area contributed by atoms with Gasteiger partial charge in [-0.3, -0.25) is 19.3 Å². The number of rotatable bonds is 5. The first-order valence-corrected chi connectivity index (χ1v) is 11.1. The van der Waals surface area contributed by atoms with Crippen LogP contribution < -0.4 is 4.74 Å². The van der Waals surface area contributed by atoms with Gasteiger partial charge >= 0.3 is 0 Å². The van der Waals surface area contributed by atoms with Crippen molar-refractivity contribution in [2.45, 2.75) is 19.8 Å². The van der Waals surface area contributed by atoms with Crippen molar-refractivity contribution in [3.05, 3.63) is 25.5 Å². The van der Waals surface area contributed by atoms with E-state index in [-0.39, 0.29) is 28.9 Å². The van der Waals surface area contributed by atoms with Crippen LogP contribution in [0.3, 0.4) is 0 Å². The number of hydrogen-bond donors (Lipinski definition) is 1. The Balaban J connectivity index is 1.84. The van der Waals surface area contributed by atoms with E-state index in [4.69, 9.17) is 4.74 Å². The van der Waals surface area contributed by atoms with E-state index >= 15 is 0 Å². The van der Waals surface area contributed by atoms with E-state index in [1.54, 1.807) is 24.0 Å². The van der Waals surface area contributed by atoms with Gasteiger partial charge in [-0.2, -0.15) is 0 Å². The fraction of sp³-hybridized carbons (Fsp3) is 0.389. The topological polar surface area (TPSA) is 87.2 Å². The Labute approximate surface area is 183 Å².